The average molecular weight is 345 g/mol. The van der Waals surface area contributed by atoms with Gasteiger partial charge in [0.1, 0.15) is 22.8 Å². The third-order valence-corrected chi connectivity index (χ3v) is 4.46. The Kier molecular flexibility index (Phi) is 4.27. The summed E-state index contributed by atoms with van der Waals surface area (Å²) >= 11 is 0. The minimum Gasteiger partial charge on any atom is -0.463 e. The molecular weight excluding hydrogens is 318 g/mol. The van der Waals surface area contributed by atoms with Gasteiger partial charge < -0.3 is 14.8 Å². The fraction of sp³-hybridized carbons (Fsp3) is 0.579. The Bertz CT molecular complexity index is 776. The van der Waals surface area contributed by atoms with Gasteiger partial charge in [-0.05, 0) is 65.7 Å². The third kappa shape index (κ3) is 3.79. The summed E-state index contributed by atoms with van der Waals surface area (Å²) in [5.41, 5.74) is 0.0676. The SMILES string of the molecule is Cc1ccc(C(C)(O)CNC(=O)c2cc(C3CC3)n(C(C)(C)C)n2)o1. The molecule has 1 atom stereocenters. The summed E-state index contributed by atoms with van der Waals surface area (Å²) in [7, 11) is 0. The number of aromatic nitrogens is 2. The van der Waals surface area contributed by atoms with Gasteiger partial charge in [-0.1, -0.05) is 0 Å². The van der Waals surface area contributed by atoms with Crippen molar-refractivity contribution in [2.24, 2.45) is 0 Å². The minimum atomic E-state index is -1.27. The van der Waals surface area contributed by atoms with Crippen LogP contribution in [0.2, 0.25) is 0 Å². The number of hydrogen-bond donors (Lipinski definition) is 2. The van der Waals surface area contributed by atoms with Crippen molar-refractivity contribution in [3.63, 3.8) is 0 Å². The number of rotatable bonds is 5. The largest absolute Gasteiger partial charge is 0.463 e. The predicted molar refractivity (Wildman–Crippen MR) is 94.5 cm³/mol. The molecule has 0 aliphatic heterocycles. The van der Waals surface area contributed by atoms with Crippen molar-refractivity contribution in [2.75, 3.05) is 6.54 Å². The van der Waals surface area contributed by atoms with Crippen molar-refractivity contribution >= 4 is 5.91 Å². The topological polar surface area (TPSA) is 80.3 Å². The molecule has 2 N–H and O–H groups in total. The number of nitrogens with one attached hydrogen (secondary N) is 1. The van der Waals surface area contributed by atoms with Crippen LogP contribution in [0, 0.1) is 6.92 Å². The molecule has 1 unspecified atom stereocenters. The second kappa shape index (κ2) is 6.02. The molecule has 2 aromatic heterocycles. The number of aryl methyl sites for hydroxylation is 1. The van der Waals surface area contributed by atoms with E-state index in [1.165, 1.54) is 0 Å². The molecule has 2 aromatic rings. The first-order valence-electron chi connectivity index (χ1n) is 8.76. The van der Waals surface area contributed by atoms with E-state index in [1.807, 2.05) is 17.7 Å². The van der Waals surface area contributed by atoms with Gasteiger partial charge in [0.25, 0.3) is 5.91 Å². The molecule has 6 nitrogen and oxygen atoms in total. The van der Waals surface area contributed by atoms with Gasteiger partial charge in [-0.15, -0.1) is 0 Å². The maximum atomic E-state index is 12.5. The Morgan fingerprint density at radius 3 is 2.56 bits per heavy atom. The molecule has 0 saturated heterocycles. The molecule has 0 bridgehead atoms. The number of nitrogens with zero attached hydrogens (tertiary/aromatic N) is 2. The van der Waals surface area contributed by atoms with E-state index in [4.69, 9.17) is 4.42 Å². The summed E-state index contributed by atoms with van der Waals surface area (Å²) in [6, 6.07) is 5.39. The number of furan rings is 1. The zero-order valence-electron chi connectivity index (χ0n) is 15.6. The Morgan fingerprint density at radius 2 is 2.04 bits per heavy atom. The summed E-state index contributed by atoms with van der Waals surface area (Å²) in [5, 5.41) is 17.8. The van der Waals surface area contributed by atoms with E-state index in [1.54, 1.807) is 19.1 Å². The van der Waals surface area contributed by atoms with E-state index >= 15 is 0 Å². The van der Waals surface area contributed by atoms with Gasteiger partial charge >= 0.3 is 0 Å². The molecule has 1 saturated carbocycles. The van der Waals surface area contributed by atoms with Crippen LogP contribution in [0.25, 0.3) is 0 Å². The first-order valence-corrected chi connectivity index (χ1v) is 8.76. The lowest BCUT2D eigenvalue weighted by atomic mass is 10.0. The lowest BCUT2D eigenvalue weighted by molar-refractivity contribution is 0.0322. The summed E-state index contributed by atoms with van der Waals surface area (Å²) in [5.74, 6) is 1.37. The molecule has 1 fully saturated rings. The third-order valence-electron chi connectivity index (χ3n) is 4.46. The van der Waals surface area contributed by atoms with E-state index < -0.39 is 5.60 Å². The number of amides is 1. The van der Waals surface area contributed by atoms with E-state index in [-0.39, 0.29) is 18.0 Å². The fourth-order valence-corrected chi connectivity index (χ4v) is 2.87. The van der Waals surface area contributed by atoms with Gasteiger partial charge in [0, 0.05) is 11.6 Å². The van der Waals surface area contributed by atoms with E-state index in [0.29, 0.717) is 17.4 Å². The molecule has 25 heavy (non-hydrogen) atoms. The van der Waals surface area contributed by atoms with Crippen LogP contribution >= 0.6 is 0 Å². The number of aliphatic hydroxyl groups is 1. The standard InChI is InChI=1S/C19H27N3O3/c1-12-6-9-16(25-12)19(5,24)11-20-17(23)14-10-15(13-7-8-13)22(21-14)18(2,3)4/h6,9-10,13,24H,7-8,11H2,1-5H3,(H,20,23). The summed E-state index contributed by atoms with van der Waals surface area (Å²) in [4.78, 5) is 12.5. The molecule has 3 rings (SSSR count). The Labute approximate surface area is 148 Å². The summed E-state index contributed by atoms with van der Waals surface area (Å²) < 4.78 is 7.42. The maximum Gasteiger partial charge on any atom is 0.271 e. The molecular formula is C19H27N3O3. The maximum absolute atomic E-state index is 12.5. The van der Waals surface area contributed by atoms with Crippen molar-refractivity contribution in [3.8, 4) is 0 Å². The zero-order chi connectivity index (χ0) is 18.4. The lowest BCUT2D eigenvalue weighted by Crippen LogP contribution is -2.38. The molecule has 0 aromatic carbocycles. The quantitative estimate of drug-likeness (QED) is 0.873. The number of hydrogen-bond acceptors (Lipinski definition) is 4. The van der Waals surface area contributed by atoms with Crippen molar-refractivity contribution < 1.29 is 14.3 Å². The van der Waals surface area contributed by atoms with Gasteiger partial charge in [-0.2, -0.15) is 5.10 Å². The molecule has 1 aliphatic rings. The van der Waals surface area contributed by atoms with Crippen LogP contribution < -0.4 is 5.32 Å². The molecule has 0 spiro atoms. The predicted octanol–water partition coefficient (Wildman–Crippen LogP) is 3.05. The number of carbonyl (C=O) groups excluding carboxylic acids is 1. The normalized spacial score (nSPS) is 17.4. The lowest BCUT2D eigenvalue weighted by Gasteiger charge is -2.22. The van der Waals surface area contributed by atoms with E-state index in [0.717, 1.165) is 24.3 Å². The first-order chi connectivity index (χ1) is 11.6. The van der Waals surface area contributed by atoms with Crippen molar-refractivity contribution in [2.45, 2.75) is 64.5 Å². The smallest absolute Gasteiger partial charge is 0.271 e. The Balaban J connectivity index is 1.73. The van der Waals surface area contributed by atoms with Crippen LogP contribution in [-0.2, 0) is 11.1 Å². The van der Waals surface area contributed by atoms with Gasteiger partial charge in [0.15, 0.2) is 0 Å². The summed E-state index contributed by atoms with van der Waals surface area (Å²) in [6.45, 7) is 9.73. The molecule has 2 heterocycles. The summed E-state index contributed by atoms with van der Waals surface area (Å²) in [6.07, 6.45) is 2.30. The van der Waals surface area contributed by atoms with Crippen LogP contribution in [0.5, 0.6) is 0 Å². The highest BCUT2D eigenvalue weighted by Crippen LogP contribution is 2.41. The molecule has 1 amide bonds. The van der Waals surface area contributed by atoms with Gasteiger partial charge in [0.05, 0.1) is 12.1 Å². The Hall–Kier alpha value is -2.08. The van der Waals surface area contributed by atoms with Gasteiger partial charge in [-0.25, -0.2) is 0 Å². The number of carbonyl (C=O) groups is 1. The first kappa shape index (κ1) is 17.7. The van der Waals surface area contributed by atoms with Gasteiger partial charge in [-0.3, -0.25) is 9.48 Å². The van der Waals surface area contributed by atoms with Crippen LogP contribution in [0.1, 0.15) is 74.2 Å². The highest BCUT2D eigenvalue weighted by molar-refractivity contribution is 5.92. The van der Waals surface area contributed by atoms with Crippen LogP contribution in [-0.4, -0.2) is 27.3 Å². The molecule has 6 heteroatoms. The second-order valence-corrected chi connectivity index (χ2v) is 8.18. The molecule has 1 aliphatic carbocycles. The van der Waals surface area contributed by atoms with E-state index in [9.17, 15) is 9.90 Å². The van der Waals surface area contributed by atoms with Gasteiger partial charge in [0.2, 0.25) is 0 Å². The fourth-order valence-electron chi connectivity index (χ4n) is 2.87. The highest BCUT2D eigenvalue weighted by Gasteiger charge is 2.33. The monoisotopic (exact) mass is 345 g/mol. The minimum absolute atomic E-state index is 0.0555. The second-order valence-electron chi connectivity index (χ2n) is 8.18. The van der Waals surface area contributed by atoms with Crippen LogP contribution in [0.4, 0.5) is 0 Å². The molecule has 136 valence electrons. The van der Waals surface area contributed by atoms with Crippen molar-refractivity contribution in [1.29, 1.82) is 0 Å². The highest BCUT2D eigenvalue weighted by atomic mass is 16.4. The van der Waals surface area contributed by atoms with Crippen molar-refractivity contribution in [1.82, 2.24) is 15.1 Å². The van der Waals surface area contributed by atoms with Crippen molar-refractivity contribution in [3.05, 3.63) is 41.1 Å². The Morgan fingerprint density at radius 1 is 1.36 bits per heavy atom. The zero-order valence-corrected chi connectivity index (χ0v) is 15.6. The average Bonchev–Trinajstić information content (AvgIpc) is 3.08. The molecule has 0 radical (unpaired) electrons. The van der Waals surface area contributed by atoms with E-state index in [2.05, 4.69) is 31.2 Å². The van der Waals surface area contributed by atoms with Crippen LogP contribution in [0.15, 0.2) is 22.6 Å². The van der Waals surface area contributed by atoms with Crippen LogP contribution in [0.3, 0.4) is 0 Å².